The van der Waals surface area contributed by atoms with Crippen LogP contribution in [-0.2, 0) is 6.42 Å². The maximum absolute atomic E-state index is 13.8. The summed E-state index contributed by atoms with van der Waals surface area (Å²) in [5.74, 6) is 0.787. The third-order valence-corrected chi connectivity index (χ3v) is 7.64. The Labute approximate surface area is 201 Å². The third kappa shape index (κ3) is 3.44. The minimum absolute atomic E-state index is 0.00236. The van der Waals surface area contributed by atoms with Gasteiger partial charge in [0.15, 0.2) is 4.80 Å². The minimum Gasteiger partial charge on any atom is -0.497 e. The van der Waals surface area contributed by atoms with E-state index in [0.717, 1.165) is 40.2 Å². The SMILES string of the molecule is COc1cccc(C2C3=C(N=c4sc(=Cc5ccc(C)cc5)c(=O)n42)c2ccccc2CC3)c1. The van der Waals surface area contributed by atoms with E-state index in [-0.39, 0.29) is 11.6 Å². The maximum Gasteiger partial charge on any atom is 0.271 e. The van der Waals surface area contributed by atoms with Gasteiger partial charge in [-0.1, -0.05) is 77.6 Å². The van der Waals surface area contributed by atoms with Gasteiger partial charge in [0.1, 0.15) is 5.75 Å². The van der Waals surface area contributed by atoms with Crippen LogP contribution in [0.25, 0.3) is 11.8 Å². The first-order valence-electron chi connectivity index (χ1n) is 11.5. The fourth-order valence-corrected chi connectivity index (χ4v) is 5.95. The Morgan fingerprint density at radius 3 is 2.68 bits per heavy atom. The Bertz CT molecular complexity index is 1620. The number of benzene rings is 3. The summed E-state index contributed by atoms with van der Waals surface area (Å²) in [4.78, 5) is 19.6. The number of hydrogen-bond acceptors (Lipinski definition) is 4. The third-order valence-electron chi connectivity index (χ3n) is 6.66. The summed E-state index contributed by atoms with van der Waals surface area (Å²) in [7, 11) is 1.67. The van der Waals surface area contributed by atoms with Gasteiger partial charge in [0.25, 0.3) is 5.56 Å². The van der Waals surface area contributed by atoms with Gasteiger partial charge in [-0.05, 0) is 60.2 Å². The Morgan fingerprint density at radius 2 is 1.85 bits per heavy atom. The van der Waals surface area contributed by atoms with Crippen molar-refractivity contribution in [3.63, 3.8) is 0 Å². The van der Waals surface area contributed by atoms with Gasteiger partial charge in [0.2, 0.25) is 0 Å². The maximum atomic E-state index is 13.8. The van der Waals surface area contributed by atoms with Gasteiger partial charge in [-0.3, -0.25) is 9.36 Å². The van der Waals surface area contributed by atoms with E-state index < -0.39 is 0 Å². The second-order valence-electron chi connectivity index (χ2n) is 8.80. The first-order valence-corrected chi connectivity index (χ1v) is 12.3. The number of allylic oxidation sites excluding steroid dienone is 1. The van der Waals surface area contributed by atoms with Crippen LogP contribution in [0.2, 0.25) is 0 Å². The zero-order valence-corrected chi connectivity index (χ0v) is 19.9. The van der Waals surface area contributed by atoms with Crippen LogP contribution in [-0.4, -0.2) is 11.7 Å². The molecule has 2 aliphatic rings. The molecule has 0 saturated carbocycles. The van der Waals surface area contributed by atoms with E-state index in [0.29, 0.717) is 4.53 Å². The zero-order chi connectivity index (χ0) is 23.2. The van der Waals surface area contributed by atoms with Gasteiger partial charge < -0.3 is 4.74 Å². The summed E-state index contributed by atoms with van der Waals surface area (Å²) in [6.45, 7) is 2.06. The molecule has 1 aromatic heterocycles. The molecule has 0 spiro atoms. The van der Waals surface area contributed by atoms with Crippen LogP contribution in [0.15, 0.2) is 88.2 Å². The van der Waals surface area contributed by atoms with Crippen LogP contribution in [0.1, 0.15) is 40.3 Å². The molecule has 0 bridgehead atoms. The van der Waals surface area contributed by atoms with Crippen LogP contribution in [0.5, 0.6) is 5.75 Å². The topological polar surface area (TPSA) is 43.6 Å². The molecular weight excluding hydrogens is 440 g/mol. The standard InChI is InChI=1S/C29H24N2O2S/c1-18-10-12-19(13-11-18)16-25-28(32)31-27(21-7-5-8-22(17-21)33-2)24-15-14-20-6-3-4-9-23(20)26(24)30-29(31)34-25/h3-13,16-17,27H,14-15H2,1-2H3. The average Bonchev–Trinajstić information content (AvgIpc) is 3.18. The Kier molecular flexibility index (Phi) is 5.07. The monoisotopic (exact) mass is 464 g/mol. The summed E-state index contributed by atoms with van der Waals surface area (Å²) < 4.78 is 8.10. The lowest BCUT2D eigenvalue weighted by Gasteiger charge is -2.31. The van der Waals surface area contributed by atoms with E-state index >= 15 is 0 Å². The van der Waals surface area contributed by atoms with Gasteiger partial charge >= 0.3 is 0 Å². The molecule has 4 aromatic rings. The summed E-state index contributed by atoms with van der Waals surface area (Å²) in [5.41, 5.74) is 7.96. The van der Waals surface area contributed by atoms with Crippen LogP contribution in [0, 0.1) is 6.92 Å². The van der Waals surface area contributed by atoms with Crippen molar-refractivity contribution in [1.82, 2.24) is 4.57 Å². The number of aryl methyl sites for hydroxylation is 2. The Morgan fingerprint density at radius 1 is 1.03 bits per heavy atom. The van der Waals surface area contributed by atoms with Crippen LogP contribution >= 0.6 is 11.3 Å². The first-order chi connectivity index (χ1) is 16.6. The molecule has 1 unspecified atom stereocenters. The van der Waals surface area contributed by atoms with Gasteiger partial charge in [0, 0.05) is 5.56 Å². The highest BCUT2D eigenvalue weighted by Gasteiger charge is 2.32. The van der Waals surface area contributed by atoms with E-state index in [1.165, 1.54) is 33.6 Å². The molecule has 2 heterocycles. The van der Waals surface area contributed by atoms with Crippen LogP contribution in [0.3, 0.4) is 0 Å². The number of nitrogens with zero attached hydrogens (tertiary/aromatic N) is 2. The lowest BCUT2D eigenvalue weighted by molar-refractivity contribution is 0.413. The zero-order valence-electron chi connectivity index (χ0n) is 19.1. The van der Waals surface area contributed by atoms with E-state index in [2.05, 4.69) is 49.4 Å². The van der Waals surface area contributed by atoms with Crippen molar-refractivity contribution in [3.8, 4) is 5.75 Å². The first kappa shape index (κ1) is 20.9. The number of hydrogen-bond donors (Lipinski definition) is 0. The highest BCUT2D eigenvalue weighted by Crippen LogP contribution is 2.41. The smallest absolute Gasteiger partial charge is 0.271 e. The molecule has 0 amide bonds. The molecule has 1 atom stereocenters. The van der Waals surface area contributed by atoms with E-state index in [4.69, 9.17) is 9.73 Å². The highest BCUT2D eigenvalue weighted by atomic mass is 32.1. The van der Waals surface area contributed by atoms with Crippen molar-refractivity contribution in [3.05, 3.63) is 126 Å². The van der Waals surface area contributed by atoms with Crippen molar-refractivity contribution in [1.29, 1.82) is 0 Å². The second-order valence-corrected chi connectivity index (χ2v) is 9.81. The molecule has 0 saturated heterocycles. The molecule has 0 fully saturated rings. The largest absolute Gasteiger partial charge is 0.497 e. The highest BCUT2D eigenvalue weighted by molar-refractivity contribution is 7.07. The summed E-state index contributed by atoms with van der Waals surface area (Å²) >= 11 is 1.46. The predicted octanol–water partition coefficient (Wildman–Crippen LogP) is 4.64. The molecule has 3 aromatic carbocycles. The van der Waals surface area contributed by atoms with E-state index in [1.807, 2.05) is 41.0 Å². The van der Waals surface area contributed by atoms with E-state index in [1.54, 1.807) is 7.11 Å². The fraction of sp³-hybridized carbons (Fsp3) is 0.172. The molecule has 4 nitrogen and oxygen atoms in total. The van der Waals surface area contributed by atoms with Crippen molar-refractivity contribution in [2.24, 2.45) is 4.99 Å². The number of ether oxygens (including phenoxy) is 1. The van der Waals surface area contributed by atoms with Crippen molar-refractivity contribution in [2.75, 3.05) is 7.11 Å². The van der Waals surface area contributed by atoms with Gasteiger partial charge in [-0.2, -0.15) is 0 Å². The van der Waals surface area contributed by atoms with Crippen molar-refractivity contribution >= 4 is 23.1 Å². The van der Waals surface area contributed by atoms with Crippen LogP contribution < -0.4 is 19.6 Å². The fourth-order valence-electron chi connectivity index (χ4n) is 4.95. The number of aromatic nitrogens is 1. The Hall–Kier alpha value is -3.70. The van der Waals surface area contributed by atoms with Gasteiger partial charge in [0.05, 0.1) is 23.4 Å². The van der Waals surface area contributed by atoms with Gasteiger partial charge in [-0.15, -0.1) is 0 Å². The quantitative estimate of drug-likeness (QED) is 0.444. The molecule has 168 valence electrons. The predicted molar refractivity (Wildman–Crippen MR) is 137 cm³/mol. The van der Waals surface area contributed by atoms with Gasteiger partial charge in [-0.25, -0.2) is 4.99 Å². The van der Waals surface area contributed by atoms with Crippen molar-refractivity contribution < 1.29 is 4.74 Å². The summed E-state index contributed by atoms with van der Waals surface area (Å²) in [5, 5.41) is 0. The number of methoxy groups -OCH3 is 1. The normalized spacial score (nSPS) is 17.0. The molecule has 0 radical (unpaired) electrons. The molecule has 1 aliphatic heterocycles. The molecule has 34 heavy (non-hydrogen) atoms. The lowest BCUT2D eigenvalue weighted by atomic mass is 9.83. The number of fused-ring (bicyclic) bond motifs is 3. The molecule has 5 heteroatoms. The summed E-state index contributed by atoms with van der Waals surface area (Å²) in [6.07, 6.45) is 3.79. The molecule has 1 aliphatic carbocycles. The lowest BCUT2D eigenvalue weighted by Crippen LogP contribution is -2.38. The minimum atomic E-state index is -0.199. The second kappa shape index (κ2) is 8.26. The molecular formula is C29H24N2O2S. The van der Waals surface area contributed by atoms with Crippen molar-refractivity contribution in [2.45, 2.75) is 25.8 Å². The number of thiazole rings is 1. The number of rotatable bonds is 3. The average molecular weight is 465 g/mol. The van der Waals surface area contributed by atoms with Crippen LogP contribution in [0.4, 0.5) is 0 Å². The Balaban J connectivity index is 1.62. The summed E-state index contributed by atoms with van der Waals surface area (Å²) in [6, 6.07) is 24.6. The molecule has 0 N–H and O–H groups in total. The molecule has 6 rings (SSSR count). The van der Waals surface area contributed by atoms with E-state index in [9.17, 15) is 4.79 Å².